The van der Waals surface area contributed by atoms with E-state index in [4.69, 9.17) is 4.98 Å². The lowest BCUT2D eigenvalue weighted by atomic mass is 9.75. The number of rotatable bonds is 3. The molecular formula is C27H28N2O2. The van der Waals surface area contributed by atoms with Crippen LogP contribution in [0.2, 0.25) is 0 Å². The van der Waals surface area contributed by atoms with Gasteiger partial charge in [0.15, 0.2) is 0 Å². The third-order valence-corrected chi connectivity index (χ3v) is 6.88. The van der Waals surface area contributed by atoms with Crippen LogP contribution in [-0.2, 0) is 6.42 Å². The second kappa shape index (κ2) is 8.48. The molecule has 2 N–H and O–H groups in total. The molecule has 1 aliphatic carbocycles. The van der Waals surface area contributed by atoms with Gasteiger partial charge >= 0.3 is 0 Å². The first-order valence-electron chi connectivity index (χ1n) is 11.3. The summed E-state index contributed by atoms with van der Waals surface area (Å²) in [7, 11) is 0. The molecule has 2 aromatic rings. The van der Waals surface area contributed by atoms with Gasteiger partial charge in [0.05, 0.1) is 23.4 Å². The van der Waals surface area contributed by atoms with Gasteiger partial charge in [-0.2, -0.15) is 0 Å². The Kier molecular flexibility index (Phi) is 5.55. The molecule has 158 valence electrons. The predicted octanol–water partition coefficient (Wildman–Crippen LogP) is 2.72. The Bertz CT molecular complexity index is 1070. The van der Waals surface area contributed by atoms with Gasteiger partial charge in [0, 0.05) is 30.9 Å². The molecule has 3 unspecified atom stereocenters. The molecule has 0 radical (unpaired) electrons. The van der Waals surface area contributed by atoms with E-state index in [1.165, 1.54) is 0 Å². The molecule has 1 aromatic heterocycles. The largest absolute Gasteiger partial charge is 0.391 e. The van der Waals surface area contributed by atoms with Crippen LogP contribution in [0.25, 0.3) is 0 Å². The summed E-state index contributed by atoms with van der Waals surface area (Å²) in [5.41, 5.74) is 2.74. The number of piperidine rings is 3. The normalized spacial score (nSPS) is 31.3. The standard InChI is InChI=1S/C27H28N2O2/c30-26-9-5-4-8-23(26)24-11-10-21(25(28-24)18-20-6-2-1-3-7-20)12-15-27(31)19-29-16-13-22(27)14-17-29/h1-3,6-7,10-11,22-23,26,30-31H,5,9,13-14,16-19H2. The number of benzene rings is 1. The number of aliphatic hydroxyl groups is 2. The summed E-state index contributed by atoms with van der Waals surface area (Å²) in [6.07, 6.45) is 3.61. The number of aliphatic hydroxyl groups excluding tert-OH is 1. The molecule has 3 fully saturated rings. The molecule has 0 saturated carbocycles. The summed E-state index contributed by atoms with van der Waals surface area (Å²) < 4.78 is 0. The second-order valence-corrected chi connectivity index (χ2v) is 9.02. The van der Waals surface area contributed by atoms with Crippen LogP contribution in [0, 0.1) is 29.6 Å². The predicted molar refractivity (Wildman–Crippen MR) is 120 cm³/mol. The number of hydrogen-bond donors (Lipinski definition) is 2. The van der Waals surface area contributed by atoms with Crippen molar-refractivity contribution in [3.63, 3.8) is 0 Å². The second-order valence-electron chi connectivity index (χ2n) is 9.02. The molecule has 4 heterocycles. The molecule has 4 aliphatic rings. The molecule has 31 heavy (non-hydrogen) atoms. The first-order valence-corrected chi connectivity index (χ1v) is 11.3. The first-order chi connectivity index (χ1) is 15.1. The van der Waals surface area contributed by atoms with E-state index in [2.05, 4.69) is 40.7 Å². The molecule has 1 aromatic carbocycles. The van der Waals surface area contributed by atoms with Gasteiger partial charge in [-0.3, -0.25) is 9.88 Å². The summed E-state index contributed by atoms with van der Waals surface area (Å²) in [6.45, 7) is 2.76. The fourth-order valence-electron chi connectivity index (χ4n) is 5.02. The smallest absolute Gasteiger partial charge is 0.141 e. The summed E-state index contributed by atoms with van der Waals surface area (Å²) >= 11 is 0. The minimum absolute atomic E-state index is 0.252. The number of hydrogen-bond acceptors (Lipinski definition) is 4. The zero-order valence-corrected chi connectivity index (χ0v) is 17.7. The zero-order chi connectivity index (χ0) is 21.3. The molecule has 6 rings (SSSR count). The Balaban J connectivity index is 1.50. The van der Waals surface area contributed by atoms with E-state index in [1.54, 1.807) is 0 Å². The average Bonchev–Trinajstić information content (AvgIpc) is 2.80. The van der Waals surface area contributed by atoms with Crippen LogP contribution in [0.15, 0.2) is 42.5 Å². The summed E-state index contributed by atoms with van der Waals surface area (Å²) in [5, 5.41) is 21.6. The maximum absolute atomic E-state index is 11.2. The van der Waals surface area contributed by atoms with Crippen LogP contribution < -0.4 is 0 Å². The molecule has 0 spiro atoms. The highest BCUT2D eigenvalue weighted by Gasteiger charge is 2.44. The van der Waals surface area contributed by atoms with Crippen LogP contribution in [0.3, 0.4) is 0 Å². The molecule has 4 nitrogen and oxygen atoms in total. The van der Waals surface area contributed by atoms with Crippen LogP contribution in [0.4, 0.5) is 0 Å². The van der Waals surface area contributed by atoms with Crippen molar-refractivity contribution in [3.05, 3.63) is 65.0 Å². The van der Waals surface area contributed by atoms with E-state index in [-0.39, 0.29) is 11.8 Å². The lowest BCUT2D eigenvalue weighted by Crippen LogP contribution is -2.58. The van der Waals surface area contributed by atoms with Gasteiger partial charge in [-0.25, -0.2) is 0 Å². The van der Waals surface area contributed by atoms with Gasteiger partial charge < -0.3 is 10.2 Å². The number of fused-ring (bicyclic) bond motifs is 3. The van der Waals surface area contributed by atoms with Gasteiger partial charge in [-0.15, -0.1) is 5.92 Å². The van der Waals surface area contributed by atoms with Crippen molar-refractivity contribution in [1.29, 1.82) is 0 Å². The van der Waals surface area contributed by atoms with Crippen molar-refractivity contribution < 1.29 is 10.2 Å². The summed E-state index contributed by atoms with van der Waals surface area (Å²) in [4.78, 5) is 7.23. The lowest BCUT2D eigenvalue weighted by Gasteiger charge is -2.47. The number of aromatic nitrogens is 1. The third kappa shape index (κ3) is 4.25. The molecule has 2 bridgehead atoms. The molecule has 0 amide bonds. The van der Waals surface area contributed by atoms with Gasteiger partial charge in [0.2, 0.25) is 0 Å². The van der Waals surface area contributed by atoms with Crippen LogP contribution in [-0.4, -0.2) is 51.4 Å². The van der Waals surface area contributed by atoms with E-state index < -0.39 is 11.7 Å². The van der Waals surface area contributed by atoms with Gasteiger partial charge in [0.1, 0.15) is 5.60 Å². The van der Waals surface area contributed by atoms with Gasteiger partial charge in [-0.1, -0.05) is 48.1 Å². The molecule has 3 atom stereocenters. The Hall–Kier alpha value is -2.63. The van der Waals surface area contributed by atoms with E-state index in [1.807, 2.05) is 30.3 Å². The van der Waals surface area contributed by atoms with Crippen molar-refractivity contribution in [2.24, 2.45) is 5.92 Å². The average molecular weight is 413 g/mol. The van der Waals surface area contributed by atoms with Crippen molar-refractivity contribution in [1.82, 2.24) is 9.88 Å². The Morgan fingerprint density at radius 1 is 1.10 bits per heavy atom. The Labute approximate surface area is 184 Å². The van der Waals surface area contributed by atoms with Crippen LogP contribution in [0.5, 0.6) is 0 Å². The molecule has 3 aliphatic heterocycles. The monoisotopic (exact) mass is 412 g/mol. The van der Waals surface area contributed by atoms with E-state index in [9.17, 15) is 10.2 Å². The summed E-state index contributed by atoms with van der Waals surface area (Å²) in [5.74, 6) is 12.8. The first kappa shape index (κ1) is 20.3. The Morgan fingerprint density at radius 2 is 1.90 bits per heavy atom. The molecular weight excluding hydrogens is 384 g/mol. The maximum atomic E-state index is 11.2. The van der Waals surface area contributed by atoms with Gasteiger partial charge in [0.25, 0.3) is 0 Å². The topological polar surface area (TPSA) is 56.6 Å². The SMILES string of the molecule is OC1CCC#CC1c1ccc(C#CC2(O)CN3CCC2CC3)c(Cc2ccccc2)n1. The minimum Gasteiger partial charge on any atom is -0.391 e. The van der Waals surface area contributed by atoms with E-state index in [0.717, 1.165) is 54.9 Å². The molecule has 3 saturated heterocycles. The van der Waals surface area contributed by atoms with Gasteiger partial charge in [-0.05, 0) is 50.0 Å². The fourth-order valence-corrected chi connectivity index (χ4v) is 5.02. The minimum atomic E-state index is -0.940. The van der Waals surface area contributed by atoms with E-state index >= 15 is 0 Å². The number of nitrogens with zero attached hydrogens (tertiary/aromatic N) is 2. The number of pyridine rings is 1. The third-order valence-electron chi connectivity index (χ3n) is 6.88. The highest BCUT2D eigenvalue weighted by molar-refractivity contribution is 5.44. The van der Waals surface area contributed by atoms with Crippen molar-refractivity contribution >= 4 is 0 Å². The van der Waals surface area contributed by atoms with Crippen LogP contribution >= 0.6 is 0 Å². The quantitative estimate of drug-likeness (QED) is 0.762. The van der Waals surface area contributed by atoms with Crippen molar-refractivity contribution in [3.8, 4) is 23.7 Å². The highest BCUT2D eigenvalue weighted by atomic mass is 16.3. The van der Waals surface area contributed by atoms with Crippen molar-refractivity contribution in [2.45, 2.75) is 49.7 Å². The Morgan fingerprint density at radius 3 is 2.61 bits per heavy atom. The molecule has 4 heteroatoms. The van der Waals surface area contributed by atoms with E-state index in [0.29, 0.717) is 19.4 Å². The van der Waals surface area contributed by atoms with Crippen molar-refractivity contribution in [2.75, 3.05) is 19.6 Å². The maximum Gasteiger partial charge on any atom is 0.141 e. The van der Waals surface area contributed by atoms with Crippen LogP contribution in [0.1, 0.15) is 54.1 Å². The highest BCUT2D eigenvalue weighted by Crippen LogP contribution is 2.35. The fraction of sp³-hybridized carbons (Fsp3) is 0.444. The summed E-state index contributed by atoms with van der Waals surface area (Å²) in [6, 6.07) is 14.1. The zero-order valence-electron chi connectivity index (χ0n) is 17.7. The lowest BCUT2D eigenvalue weighted by molar-refractivity contribution is -0.0713.